The number of fused-ring (bicyclic) bond motifs is 1. The van der Waals surface area contributed by atoms with Crippen molar-refractivity contribution in [3.8, 4) is 5.75 Å². The van der Waals surface area contributed by atoms with Gasteiger partial charge in [-0.25, -0.2) is 0 Å². The fourth-order valence-electron chi connectivity index (χ4n) is 6.38. The van der Waals surface area contributed by atoms with E-state index in [0.29, 0.717) is 42.7 Å². The zero-order chi connectivity index (χ0) is 29.1. The van der Waals surface area contributed by atoms with Gasteiger partial charge in [-0.1, -0.05) is 30.3 Å². The van der Waals surface area contributed by atoms with E-state index < -0.39 is 22.7 Å². The minimum Gasteiger partial charge on any atom is -0.489 e. The molecule has 3 heterocycles. The Bertz CT molecular complexity index is 1390. The molecular formula is C32H38N4O5S. The molecule has 42 heavy (non-hydrogen) atoms. The smallest absolute Gasteiger partial charge is 0.255 e. The van der Waals surface area contributed by atoms with E-state index >= 15 is 0 Å². The number of benzene rings is 2. The molecule has 1 N–H and O–H groups in total. The second kappa shape index (κ2) is 12.9. The van der Waals surface area contributed by atoms with Gasteiger partial charge in [-0.15, -0.1) is 0 Å². The standard InChI is InChI=1S/C32H38N4O5S/c37-30-14-13-28(31(38)33-30)36-20-27-26(32(36)39)7-4-8-29(27)41-21-24-11-9-23(10-12-24)19-34-15-17-35(18-16-34)22-42(40)25-5-2-1-3-6-25/h1-8,11,23,28H,9-10,12-22H2,(H,33,37,38). The molecule has 6 rings (SSSR count). The highest BCUT2D eigenvalue weighted by atomic mass is 32.2. The largest absolute Gasteiger partial charge is 0.489 e. The Morgan fingerprint density at radius 2 is 1.69 bits per heavy atom. The SMILES string of the molecule is O=C1CCC(N2Cc3c(OCC4=CCC(CN5CCN(CS(=O)c6ccccc6)CC5)CC4)cccc3C2=O)C(=O)N1. The number of ether oxygens (including phenoxy) is 1. The molecule has 222 valence electrons. The summed E-state index contributed by atoms with van der Waals surface area (Å²) in [6, 6.07) is 14.6. The average molecular weight is 591 g/mol. The van der Waals surface area contributed by atoms with Crippen molar-refractivity contribution >= 4 is 28.5 Å². The molecule has 0 spiro atoms. The van der Waals surface area contributed by atoms with E-state index in [4.69, 9.17) is 4.74 Å². The van der Waals surface area contributed by atoms with E-state index in [1.54, 1.807) is 11.0 Å². The summed E-state index contributed by atoms with van der Waals surface area (Å²) in [7, 11) is -0.985. The summed E-state index contributed by atoms with van der Waals surface area (Å²) in [6.45, 7) is 5.81. The van der Waals surface area contributed by atoms with Crippen LogP contribution in [-0.4, -0.2) is 87.9 Å². The van der Waals surface area contributed by atoms with Crippen LogP contribution < -0.4 is 10.1 Å². The lowest BCUT2D eigenvalue weighted by atomic mass is 9.89. The number of piperazine rings is 1. The topological polar surface area (TPSA) is 99.3 Å². The van der Waals surface area contributed by atoms with Gasteiger partial charge in [0, 0.05) is 55.2 Å². The van der Waals surface area contributed by atoms with Crippen LogP contribution in [0, 0.1) is 5.92 Å². The fourth-order valence-corrected chi connectivity index (χ4v) is 7.58. The second-order valence-electron chi connectivity index (χ2n) is 11.7. The van der Waals surface area contributed by atoms with Crippen LogP contribution in [0.1, 0.15) is 48.0 Å². The van der Waals surface area contributed by atoms with E-state index in [2.05, 4.69) is 21.2 Å². The van der Waals surface area contributed by atoms with Crippen LogP contribution in [0.15, 0.2) is 65.1 Å². The van der Waals surface area contributed by atoms with E-state index in [-0.39, 0.29) is 18.2 Å². The van der Waals surface area contributed by atoms with Gasteiger partial charge in [-0.3, -0.25) is 28.8 Å². The van der Waals surface area contributed by atoms with Crippen LogP contribution in [0.5, 0.6) is 5.75 Å². The average Bonchev–Trinajstić information content (AvgIpc) is 3.34. The Balaban J connectivity index is 0.957. The quantitative estimate of drug-likeness (QED) is 0.354. The lowest BCUT2D eigenvalue weighted by molar-refractivity contribution is -0.136. The molecule has 3 atom stereocenters. The Morgan fingerprint density at radius 1 is 0.905 bits per heavy atom. The number of carbonyl (C=O) groups is 3. The molecule has 9 nitrogen and oxygen atoms in total. The van der Waals surface area contributed by atoms with Gasteiger partial charge in [0.05, 0.1) is 23.2 Å². The van der Waals surface area contributed by atoms with Crippen LogP contribution in [-0.2, 0) is 26.9 Å². The number of hydrogen-bond acceptors (Lipinski definition) is 7. The number of hydrogen-bond donors (Lipinski definition) is 1. The first-order valence-corrected chi connectivity index (χ1v) is 16.2. The van der Waals surface area contributed by atoms with Crippen molar-refractivity contribution < 1.29 is 23.3 Å². The maximum atomic E-state index is 13.1. The maximum absolute atomic E-state index is 13.1. The molecule has 0 saturated carbocycles. The van der Waals surface area contributed by atoms with Gasteiger partial charge >= 0.3 is 0 Å². The normalized spacial score (nSPS) is 24.2. The molecule has 10 heteroatoms. The first-order valence-electron chi connectivity index (χ1n) is 14.9. The summed E-state index contributed by atoms with van der Waals surface area (Å²) in [5, 5.41) is 2.35. The zero-order valence-electron chi connectivity index (χ0n) is 23.8. The van der Waals surface area contributed by atoms with Crippen molar-refractivity contribution in [2.24, 2.45) is 5.92 Å². The Morgan fingerprint density at radius 3 is 2.43 bits per heavy atom. The number of allylic oxidation sites excluding steroid dienone is 1. The van der Waals surface area contributed by atoms with E-state index in [9.17, 15) is 18.6 Å². The Hall–Kier alpha value is -3.34. The fraction of sp³-hybridized carbons (Fsp3) is 0.469. The summed E-state index contributed by atoms with van der Waals surface area (Å²) in [5.74, 6) is 1.03. The number of carbonyl (C=O) groups excluding carboxylic acids is 3. The molecule has 3 unspecified atom stereocenters. The van der Waals surface area contributed by atoms with Gasteiger partial charge in [0.2, 0.25) is 11.8 Å². The number of rotatable bonds is 9. The summed E-state index contributed by atoms with van der Waals surface area (Å²) in [5.41, 5.74) is 2.66. The van der Waals surface area contributed by atoms with Crippen molar-refractivity contribution in [2.75, 3.05) is 45.2 Å². The van der Waals surface area contributed by atoms with E-state index in [1.807, 2.05) is 42.5 Å². The number of piperidine rings is 1. The molecule has 2 aromatic carbocycles. The van der Waals surface area contributed by atoms with Crippen molar-refractivity contribution in [1.29, 1.82) is 0 Å². The number of imide groups is 1. The van der Waals surface area contributed by atoms with Crippen molar-refractivity contribution in [2.45, 2.75) is 49.6 Å². The van der Waals surface area contributed by atoms with Gasteiger partial charge in [0.1, 0.15) is 18.4 Å². The predicted octanol–water partition coefficient (Wildman–Crippen LogP) is 2.94. The number of nitrogens with one attached hydrogen (secondary N) is 1. The molecule has 2 saturated heterocycles. The van der Waals surface area contributed by atoms with E-state index in [1.165, 1.54) is 5.57 Å². The monoisotopic (exact) mass is 590 g/mol. The number of nitrogens with zero attached hydrogens (tertiary/aromatic N) is 3. The molecule has 2 aromatic rings. The van der Waals surface area contributed by atoms with Crippen LogP contribution in [0.25, 0.3) is 0 Å². The van der Waals surface area contributed by atoms with Crippen LogP contribution in [0.3, 0.4) is 0 Å². The summed E-state index contributed by atoms with van der Waals surface area (Å²) < 4.78 is 18.9. The minimum atomic E-state index is -0.985. The molecule has 0 aromatic heterocycles. The molecule has 3 aliphatic heterocycles. The molecule has 4 aliphatic rings. The summed E-state index contributed by atoms with van der Waals surface area (Å²) in [6.07, 6.45) is 6.06. The third kappa shape index (κ3) is 6.50. The Kier molecular flexibility index (Phi) is 8.83. The van der Waals surface area contributed by atoms with Crippen LogP contribution in [0.2, 0.25) is 0 Å². The molecule has 0 bridgehead atoms. The van der Waals surface area contributed by atoms with Gasteiger partial charge in [0.25, 0.3) is 5.91 Å². The predicted molar refractivity (Wildman–Crippen MR) is 159 cm³/mol. The van der Waals surface area contributed by atoms with Crippen LogP contribution in [0.4, 0.5) is 0 Å². The van der Waals surface area contributed by atoms with Crippen molar-refractivity contribution in [3.05, 3.63) is 71.3 Å². The molecular weight excluding hydrogens is 552 g/mol. The second-order valence-corrected chi connectivity index (χ2v) is 13.1. The minimum absolute atomic E-state index is 0.185. The third-order valence-corrected chi connectivity index (χ3v) is 10.3. The van der Waals surface area contributed by atoms with Crippen molar-refractivity contribution in [3.63, 3.8) is 0 Å². The third-order valence-electron chi connectivity index (χ3n) is 8.85. The first-order chi connectivity index (χ1) is 20.4. The lowest BCUT2D eigenvalue weighted by Gasteiger charge is -2.36. The zero-order valence-corrected chi connectivity index (χ0v) is 24.7. The molecule has 3 amide bonds. The van der Waals surface area contributed by atoms with Crippen LogP contribution >= 0.6 is 0 Å². The molecule has 0 radical (unpaired) electrons. The first kappa shape index (κ1) is 28.8. The summed E-state index contributed by atoms with van der Waals surface area (Å²) >= 11 is 0. The van der Waals surface area contributed by atoms with Gasteiger partial charge < -0.3 is 14.5 Å². The maximum Gasteiger partial charge on any atom is 0.255 e. The molecule has 1 aliphatic carbocycles. The van der Waals surface area contributed by atoms with Gasteiger partial charge in [-0.05, 0) is 61.4 Å². The van der Waals surface area contributed by atoms with Crippen molar-refractivity contribution in [1.82, 2.24) is 20.0 Å². The summed E-state index contributed by atoms with van der Waals surface area (Å²) in [4.78, 5) is 44.3. The number of amides is 3. The highest BCUT2D eigenvalue weighted by Gasteiger charge is 2.40. The van der Waals surface area contributed by atoms with E-state index in [0.717, 1.165) is 62.4 Å². The lowest BCUT2D eigenvalue weighted by Crippen LogP contribution is -2.52. The van der Waals surface area contributed by atoms with Gasteiger partial charge in [-0.2, -0.15) is 0 Å². The highest BCUT2D eigenvalue weighted by molar-refractivity contribution is 7.85. The Labute approximate surface area is 249 Å². The van der Waals surface area contributed by atoms with Gasteiger partial charge in [0.15, 0.2) is 0 Å². The highest BCUT2D eigenvalue weighted by Crippen LogP contribution is 2.34. The molecule has 2 fully saturated rings.